The van der Waals surface area contributed by atoms with E-state index in [1.807, 2.05) is 13.0 Å². The van der Waals surface area contributed by atoms with Gasteiger partial charge in [-0.2, -0.15) is 0 Å². The Hall–Kier alpha value is -2.29. The van der Waals surface area contributed by atoms with Crippen LogP contribution in [0.25, 0.3) is 11.0 Å². The lowest BCUT2D eigenvalue weighted by atomic mass is 10.1. The number of ether oxygens (including phenoxy) is 1. The molecule has 0 radical (unpaired) electrons. The van der Waals surface area contributed by atoms with Gasteiger partial charge < -0.3 is 9.72 Å². The number of hydrogen-bond acceptors (Lipinski definition) is 2. The summed E-state index contributed by atoms with van der Waals surface area (Å²) < 4.78 is 6.08. The van der Waals surface area contributed by atoms with Crippen molar-refractivity contribution in [1.29, 1.82) is 0 Å². The molecule has 3 heteroatoms. The predicted octanol–water partition coefficient (Wildman–Crippen LogP) is 4.94. The molecule has 3 nitrogen and oxygen atoms in total. The van der Waals surface area contributed by atoms with Gasteiger partial charge in [0.1, 0.15) is 11.6 Å². The van der Waals surface area contributed by atoms with Gasteiger partial charge in [-0.05, 0) is 69.5 Å². The van der Waals surface area contributed by atoms with Crippen molar-refractivity contribution < 1.29 is 4.74 Å². The quantitative estimate of drug-likeness (QED) is 0.743. The van der Waals surface area contributed by atoms with Crippen molar-refractivity contribution in [2.75, 3.05) is 0 Å². The van der Waals surface area contributed by atoms with Crippen LogP contribution in [0.2, 0.25) is 0 Å². The minimum atomic E-state index is -0.116. The highest BCUT2D eigenvalue weighted by Gasteiger charge is 2.14. The van der Waals surface area contributed by atoms with Gasteiger partial charge in [-0.1, -0.05) is 17.7 Å². The van der Waals surface area contributed by atoms with Crippen LogP contribution >= 0.6 is 0 Å². The van der Waals surface area contributed by atoms with Gasteiger partial charge in [0.25, 0.3) is 0 Å². The van der Waals surface area contributed by atoms with Crippen LogP contribution < -0.4 is 4.74 Å². The number of fused-ring (bicyclic) bond motifs is 1. The molecule has 0 unspecified atom stereocenters. The van der Waals surface area contributed by atoms with Crippen molar-refractivity contribution >= 4 is 11.0 Å². The molecular weight excluding hydrogens is 272 g/mol. The normalized spacial score (nSPS) is 12.6. The second-order valence-electron chi connectivity index (χ2n) is 6.10. The van der Waals surface area contributed by atoms with E-state index in [1.54, 1.807) is 0 Å². The van der Waals surface area contributed by atoms with Crippen LogP contribution in [0.3, 0.4) is 0 Å². The standard InChI is InChI=1S/C19H22N2O/c1-11-6-7-18(14(4)8-11)22-15(5)19-20-16-9-12(2)13(3)10-17(16)21-19/h6-10,15H,1-5H3,(H,20,21)/t15-/m1/s1. The van der Waals surface area contributed by atoms with E-state index < -0.39 is 0 Å². The average molecular weight is 294 g/mol. The Bertz CT molecular complexity index is 794. The van der Waals surface area contributed by atoms with Gasteiger partial charge in [-0.25, -0.2) is 4.98 Å². The lowest BCUT2D eigenvalue weighted by Gasteiger charge is -2.14. The summed E-state index contributed by atoms with van der Waals surface area (Å²) >= 11 is 0. The number of aromatic nitrogens is 2. The molecular formula is C19H22N2O. The zero-order valence-corrected chi connectivity index (χ0v) is 13.8. The first kappa shape index (κ1) is 14.6. The molecule has 1 aromatic heterocycles. The van der Waals surface area contributed by atoms with Crippen LogP contribution in [0.5, 0.6) is 5.75 Å². The third-order valence-corrected chi connectivity index (χ3v) is 4.13. The molecule has 0 aliphatic rings. The fourth-order valence-corrected chi connectivity index (χ4v) is 2.66. The lowest BCUT2D eigenvalue weighted by molar-refractivity contribution is 0.216. The van der Waals surface area contributed by atoms with Crippen LogP contribution in [-0.2, 0) is 0 Å². The van der Waals surface area contributed by atoms with Crippen LogP contribution in [0.15, 0.2) is 30.3 Å². The Morgan fingerprint density at radius 1 is 0.955 bits per heavy atom. The van der Waals surface area contributed by atoms with Gasteiger partial charge >= 0.3 is 0 Å². The SMILES string of the molecule is Cc1ccc(O[C@H](C)c2nc3cc(C)c(C)cc3[nH]2)c(C)c1. The van der Waals surface area contributed by atoms with Gasteiger partial charge in [0.05, 0.1) is 11.0 Å². The Kier molecular flexibility index (Phi) is 3.65. The molecule has 3 aromatic rings. The third kappa shape index (κ3) is 2.71. The third-order valence-electron chi connectivity index (χ3n) is 4.13. The average Bonchev–Trinajstić information content (AvgIpc) is 2.85. The molecule has 0 saturated carbocycles. The fourth-order valence-electron chi connectivity index (χ4n) is 2.66. The van der Waals surface area contributed by atoms with E-state index in [0.29, 0.717) is 0 Å². The molecule has 22 heavy (non-hydrogen) atoms. The second kappa shape index (κ2) is 5.48. The second-order valence-corrected chi connectivity index (χ2v) is 6.10. The zero-order valence-electron chi connectivity index (χ0n) is 13.8. The van der Waals surface area contributed by atoms with Crippen LogP contribution in [-0.4, -0.2) is 9.97 Å². The van der Waals surface area contributed by atoms with Gasteiger partial charge in [0.2, 0.25) is 0 Å². The predicted molar refractivity (Wildman–Crippen MR) is 90.5 cm³/mol. The molecule has 2 aromatic carbocycles. The molecule has 0 aliphatic heterocycles. The number of hydrogen-bond donors (Lipinski definition) is 1. The number of benzene rings is 2. The molecule has 0 aliphatic carbocycles. The van der Waals surface area contributed by atoms with Crippen molar-refractivity contribution in [3.05, 3.63) is 58.4 Å². The summed E-state index contributed by atoms with van der Waals surface area (Å²) in [6.07, 6.45) is -0.116. The van der Waals surface area contributed by atoms with Crippen LogP contribution in [0.1, 0.15) is 41.1 Å². The first-order valence-electron chi connectivity index (χ1n) is 7.65. The van der Waals surface area contributed by atoms with E-state index in [1.165, 1.54) is 16.7 Å². The highest BCUT2D eigenvalue weighted by atomic mass is 16.5. The lowest BCUT2D eigenvalue weighted by Crippen LogP contribution is -2.06. The highest BCUT2D eigenvalue weighted by Crippen LogP contribution is 2.26. The smallest absolute Gasteiger partial charge is 0.153 e. The van der Waals surface area contributed by atoms with E-state index in [9.17, 15) is 0 Å². The Balaban J connectivity index is 1.90. The summed E-state index contributed by atoms with van der Waals surface area (Å²) in [6.45, 7) is 10.4. The van der Waals surface area contributed by atoms with Gasteiger partial charge in [-0.15, -0.1) is 0 Å². The molecule has 3 rings (SSSR count). The molecule has 114 valence electrons. The van der Waals surface area contributed by atoms with Gasteiger partial charge in [0.15, 0.2) is 6.10 Å². The van der Waals surface area contributed by atoms with Crippen molar-refractivity contribution in [3.63, 3.8) is 0 Å². The number of aryl methyl sites for hydroxylation is 4. The molecule has 1 heterocycles. The first-order valence-corrected chi connectivity index (χ1v) is 7.65. The van der Waals surface area contributed by atoms with Crippen LogP contribution in [0.4, 0.5) is 0 Å². The van der Waals surface area contributed by atoms with Gasteiger partial charge in [-0.3, -0.25) is 0 Å². The van der Waals surface area contributed by atoms with Crippen molar-refractivity contribution in [2.24, 2.45) is 0 Å². The molecule has 1 atom stereocenters. The van der Waals surface area contributed by atoms with Crippen molar-refractivity contribution in [1.82, 2.24) is 9.97 Å². The molecule has 0 saturated heterocycles. The maximum atomic E-state index is 6.08. The van der Waals surface area contributed by atoms with Gasteiger partial charge in [0, 0.05) is 0 Å². The van der Waals surface area contributed by atoms with Crippen molar-refractivity contribution in [3.8, 4) is 5.75 Å². The summed E-state index contributed by atoms with van der Waals surface area (Å²) in [5, 5.41) is 0. The molecule has 0 bridgehead atoms. The maximum absolute atomic E-state index is 6.08. The number of rotatable bonds is 3. The summed E-state index contributed by atoms with van der Waals surface area (Å²) in [7, 11) is 0. The Morgan fingerprint density at radius 2 is 1.68 bits per heavy atom. The maximum Gasteiger partial charge on any atom is 0.153 e. The summed E-state index contributed by atoms with van der Waals surface area (Å²) in [4.78, 5) is 8.06. The monoisotopic (exact) mass is 294 g/mol. The molecule has 1 N–H and O–H groups in total. The molecule has 0 spiro atoms. The minimum Gasteiger partial charge on any atom is -0.483 e. The number of aromatic amines is 1. The van der Waals surface area contributed by atoms with E-state index in [4.69, 9.17) is 4.74 Å². The topological polar surface area (TPSA) is 37.9 Å². The fraction of sp³-hybridized carbons (Fsp3) is 0.316. The Labute approximate surface area is 131 Å². The molecule has 0 amide bonds. The minimum absolute atomic E-state index is 0.116. The number of nitrogens with one attached hydrogen (secondary N) is 1. The zero-order chi connectivity index (χ0) is 15.9. The number of H-pyrrole nitrogens is 1. The van der Waals surface area contributed by atoms with E-state index in [-0.39, 0.29) is 6.10 Å². The van der Waals surface area contributed by atoms with E-state index in [0.717, 1.165) is 28.2 Å². The number of imidazole rings is 1. The number of nitrogens with zero attached hydrogens (tertiary/aromatic N) is 1. The highest BCUT2D eigenvalue weighted by molar-refractivity contribution is 5.77. The van der Waals surface area contributed by atoms with E-state index >= 15 is 0 Å². The molecule has 0 fully saturated rings. The largest absolute Gasteiger partial charge is 0.483 e. The first-order chi connectivity index (χ1) is 10.4. The summed E-state index contributed by atoms with van der Waals surface area (Å²) in [5.74, 6) is 1.77. The van der Waals surface area contributed by atoms with Crippen molar-refractivity contribution in [2.45, 2.75) is 40.7 Å². The summed E-state index contributed by atoms with van der Waals surface area (Å²) in [5.41, 5.74) is 6.98. The Morgan fingerprint density at radius 3 is 2.41 bits per heavy atom. The summed E-state index contributed by atoms with van der Waals surface area (Å²) in [6, 6.07) is 10.5. The van der Waals surface area contributed by atoms with Crippen LogP contribution in [0, 0.1) is 27.7 Å². The van der Waals surface area contributed by atoms with E-state index in [2.05, 4.69) is 61.9 Å².